The highest BCUT2D eigenvalue weighted by Gasteiger charge is 2.45. The van der Waals surface area contributed by atoms with Gasteiger partial charge in [-0.1, -0.05) is 117 Å². The number of aromatic hydroxyl groups is 1. The highest BCUT2D eigenvalue weighted by Crippen LogP contribution is 2.51. The van der Waals surface area contributed by atoms with Gasteiger partial charge in [-0.15, -0.1) is 0 Å². The van der Waals surface area contributed by atoms with E-state index in [1.54, 1.807) is 0 Å². The standard InChI is InChI=1S/C72H75N9O2/c1-71(2)65(78(5)63-35-33-53-22-8-10-28-61(53)68(63)71)30-21-31-66-72(3,4)69-62-29-11-9-23-54(62)34-36-64(69)81(66)43-20-6-7-32-67(82)77-42-37-52-44-55(46-79(48-57-24-12-16-38-73-57)49-58-25-13-17-39-74-58)70(83)56(45-52)47-80(50-59-26-14-18-40-75-59)51-60-27-15-19-41-76-60/h8-19,21-31,33-36,38-41,44-45H,6-7,20,32,37,42-43,46-51H2,1-5H3,(H-,77,82,83)/p+1. The Morgan fingerprint density at radius 2 is 1.10 bits per heavy atom. The van der Waals surface area contributed by atoms with Gasteiger partial charge in [-0.3, -0.25) is 34.5 Å². The van der Waals surface area contributed by atoms with Crippen molar-refractivity contribution in [3.05, 3.63) is 257 Å². The number of carbonyl (C=O) groups is 1. The number of phenols is 1. The van der Waals surface area contributed by atoms with Crippen LogP contribution in [0.1, 0.15) is 104 Å². The average molecular weight is 1100 g/mol. The molecule has 0 fully saturated rings. The van der Waals surface area contributed by atoms with Gasteiger partial charge in [-0.25, -0.2) is 0 Å². The molecule has 2 aliphatic rings. The number of amides is 1. The highest BCUT2D eigenvalue weighted by atomic mass is 16.3. The number of hydrogen-bond acceptors (Lipinski definition) is 9. The summed E-state index contributed by atoms with van der Waals surface area (Å²) in [5.74, 6) is 0.306. The Morgan fingerprint density at radius 1 is 0.590 bits per heavy atom. The molecule has 9 aromatic rings. The van der Waals surface area contributed by atoms with Gasteiger partial charge in [-0.05, 0) is 133 Å². The van der Waals surface area contributed by atoms with Gasteiger partial charge < -0.3 is 15.3 Å². The van der Waals surface area contributed by atoms with Gasteiger partial charge in [0.1, 0.15) is 12.8 Å². The highest BCUT2D eigenvalue weighted by molar-refractivity contribution is 6.07. The van der Waals surface area contributed by atoms with Gasteiger partial charge in [0, 0.05) is 129 Å². The van der Waals surface area contributed by atoms with Crippen molar-refractivity contribution in [2.75, 3.05) is 25.0 Å². The predicted octanol–water partition coefficient (Wildman–Crippen LogP) is 13.8. The van der Waals surface area contributed by atoms with Gasteiger partial charge >= 0.3 is 0 Å². The predicted molar refractivity (Wildman–Crippen MR) is 336 cm³/mol. The molecule has 5 aromatic carbocycles. The zero-order valence-corrected chi connectivity index (χ0v) is 48.7. The third-order valence-corrected chi connectivity index (χ3v) is 16.7. The number of aromatic nitrogens is 4. The summed E-state index contributed by atoms with van der Waals surface area (Å²) in [6.07, 6.45) is 17.9. The maximum atomic E-state index is 13.7. The zero-order chi connectivity index (χ0) is 57.3. The van der Waals surface area contributed by atoms with Gasteiger partial charge in [0.25, 0.3) is 0 Å². The van der Waals surface area contributed by atoms with E-state index in [9.17, 15) is 9.90 Å². The molecule has 83 heavy (non-hydrogen) atoms. The summed E-state index contributed by atoms with van der Waals surface area (Å²) in [6, 6.07) is 54.6. The van der Waals surface area contributed by atoms with Crippen molar-refractivity contribution >= 4 is 44.5 Å². The summed E-state index contributed by atoms with van der Waals surface area (Å²) in [6.45, 7) is 13.9. The first-order valence-corrected chi connectivity index (χ1v) is 29.4. The van der Waals surface area contributed by atoms with Crippen molar-refractivity contribution in [3.8, 4) is 5.75 Å². The Kier molecular flexibility index (Phi) is 17.1. The maximum Gasteiger partial charge on any atom is 0.220 e. The summed E-state index contributed by atoms with van der Waals surface area (Å²) in [7, 11) is 2.20. The van der Waals surface area contributed by atoms with Crippen LogP contribution in [0.3, 0.4) is 0 Å². The monoisotopic (exact) mass is 1100 g/mol. The molecule has 0 spiro atoms. The van der Waals surface area contributed by atoms with Crippen LogP contribution in [0.2, 0.25) is 0 Å². The lowest BCUT2D eigenvalue weighted by molar-refractivity contribution is -0.401. The van der Waals surface area contributed by atoms with E-state index in [-0.39, 0.29) is 22.5 Å². The summed E-state index contributed by atoms with van der Waals surface area (Å²) in [5, 5.41) is 20.7. The molecule has 0 radical (unpaired) electrons. The normalized spacial score (nSPS) is 14.9. The number of hydrogen-bond donors (Lipinski definition) is 2. The minimum Gasteiger partial charge on any atom is -0.507 e. The Hall–Kier alpha value is -8.64. The lowest BCUT2D eigenvalue weighted by Crippen LogP contribution is -2.28. The molecule has 0 bridgehead atoms. The van der Waals surface area contributed by atoms with E-state index in [0.717, 1.165) is 65.3 Å². The number of allylic oxidation sites excluding steroid dienone is 4. The molecule has 0 saturated heterocycles. The fourth-order valence-electron chi connectivity index (χ4n) is 12.8. The van der Waals surface area contributed by atoms with Crippen molar-refractivity contribution in [3.63, 3.8) is 0 Å². The Bertz CT molecular complexity index is 3630. The van der Waals surface area contributed by atoms with Crippen LogP contribution in [0.15, 0.2) is 206 Å². The van der Waals surface area contributed by atoms with Crippen LogP contribution in [-0.2, 0) is 61.3 Å². The molecule has 6 heterocycles. The van der Waals surface area contributed by atoms with Crippen LogP contribution < -0.4 is 10.2 Å². The van der Waals surface area contributed by atoms with Crippen molar-refractivity contribution in [2.24, 2.45) is 0 Å². The summed E-state index contributed by atoms with van der Waals surface area (Å²) < 4.78 is 2.37. The van der Waals surface area contributed by atoms with Crippen molar-refractivity contribution < 1.29 is 14.5 Å². The molecule has 11 rings (SSSR count). The molecule has 0 saturated carbocycles. The van der Waals surface area contributed by atoms with Crippen LogP contribution in [0, 0.1) is 0 Å². The number of nitrogens with one attached hydrogen (secondary N) is 1. The quantitative estimate of drug-likeness (QED) is 0.0477. The third kappa shape index (κ3) is 12.7. The molecule has 2 aliphatic heterocycles. The van der Waals surface area contributed by atoms with Crippen LogP contribution in [-0.4, -0.2) is 71.2 Å². The first kappa shape index (κ1) is 56.2. The van der Waals surface area contributed by atoms with Gasteiger partial charge in [0.05, 0.1) is 28.2 Å². The Labute approximate surface area is 489 Å². The van der Waals surface area contributed by atoms with E-state index in [4.69, 9.17) is 0 Å². The third-order valence-electron chi connectivity index (χ3n) is 16.7. The van der Waals surface area contributed by atoms with Crippen molar-refractivity contribution in [1.82, 2.24) is 35.1 Å². The van der Waals surface area contributed by atoms with Crippen LogP contribution in [0.4, 0.5) is 11.4 Å². The molecule has 11 nitrogen and oxygen atoms in total. The molecular weight excluding hydrogens is 1020 g/mol. The Morgan fingerprint density at radius 3 is 1.63 bits per heavy atom. The van der Waals surface area contributed by atoms with Crippen LogP contribution in [0.25, 0.3) is 21.5 Å². The molecule has 0 unspecified atom stereocenters. The number of rotatable bonds is 23. The number of phenolic OH excluding ortho intramolecular Hbond substituents is 1. The maximum absolute atomic E-state index is 13.7. The smallest absolute Gasteiger partial charge is 0.220 e. The minimum atomic E-state index is -0.238. The van der Waals surface area contributed by atoms with E-state index < -0.39 is 0 Å². The molecule has 2 N–H and O–H groups in total. The van der Waals surface area contributed by atoms with Crippen LogP contribution in [0.5, 0.6) is 5.75 Å². The number of carbonyl (C=O) groups excluding carboxylic acids is 1. The van der Waals surface area contributed by atoms with E-state index in [1.807, 2.05) is 97.6 Å². The molecule has 1 amide bonds. The largest absolute Gasteiger partial charge is 0.507 e. The number of unbranched alkanes of at least 4 members (excludes halogenated alkanes) is 2. The molecular formula is C72H76N9O2+. The number of anilines is 1. The second kappa shape index (κ2) is 25.2. The van der Waals surface area contributed by atoms with E-state index in [1.165, 1.54) is 55.5 Å². The number of pyridine rings is 4. The number of nitrogens with zero attached hydrogens (tertiary/aromatic N) is 8. The summed E-state index contributed by atoms with van der Waals surface area (Å²) in [4.78, 5) is 39.4. The number of benzene rings is 5. The molecule has 4 aromatic heterocycles. The van der Waals surface area contributed by atoms with E-state index in [2.05, 4.69) is 182 Å². The van der Waals surface area contributed by atoms with E-state index in [0.29, 0.717) is 58.7 Å². The minimum absolute atomic E-state index is 0.0512. The topological polar surface area (TPSA) is 114 Å². The average Bonchev–Trinajstić information content (AvgIpc) is 2.43. The molecule has 11 heteroatoms. The van der Waals surface area contributed by atoms with E-state index >= 15 is 0 Å². The van der Waals surface area contributed by atoms with Gasteiger partial charge in [-0.2, -0.15) is 4.58 Å². The fourth-order valence-corrected chi connectivity index (χ4v) is 12.8. The summed E-state index contributed by atoms with van der Waals surface area (Å²) in [5.41, 5.74) is 13.8. The fraction of sp³-hybridized carbons (Fsp3) is 0.278. The SMILES string of the molecule is C[N+]1=C(/C=C/C=C2\N(CCCCCC(=O)NCCc3cc(CN(Cc4ccccn4)Cc4ccccn4)c(O)c(CN(Cc4ccccn4)Cc4ccccn4)c3)c3ccc4ccccc4c3C2(C)C)C(C)(C)c2c1ccc1ccccc21. The van der Waals surface area contributed by atoms with Gasteiger partial charge in [0.15, 0.2) is 5.71 Å². The van der Waals surface area contributed by atoms with Crippen molar-refractivity contribution in [1.29, 1.82) is 0 Å². The molecule has 0 aliphatic carbocycles. The van der Waals surface area contributed by atoms with Crippen LogP contribution >= 0.6 is 0 Å². The zero-order valence-electron chi connectivity index (χ0n) is 48.7. The van der Waals surface area contributed by atoms with Crippen molar-refractivity contribution in [2.45, 2.75) is 110 Å². The lowest BCUT2D eigenvalue weighted by Gasteiger charge is -2.27. The van der Waals surface area contributed by atoms with Gasteiger partial charge in [0.2, 0.25) is 11.6 Å². The molecule has 0 atom stereocenters. The number of fused-ring (bicyclic) bond motifs is 6. The Balaban J connectivity index is 0.774. The second-order valence-electron chi connectivity index (χ2n) is 23.4. The summed E-state index contributed by atoms with van der Waals surface area (Å²) >= 11 is 0. The first-order chi connectivity index (χ1) is 40.4. The lowest BCUT2D eigenvalue weighted by atomic mass is 9.79. The second-order valence-corrected chi connectivity index (χ2v) is 23.4. The molecule has 420 valence electrons. The first-order valence-electron chi connectivity index (χ1n) is 29.4.